The monoisotopic (exact) mass is 557 g/mol. The number of ether oxygens (including phenoxy) is 1. The summed E-state index contributed by atoms with van der Waals surface area (Å²) in [5, 5.41) is 3.14. The van der Waals surface area contributed by atoms with Gasteiger partial charge in [-0.3, -0.25) is 13.9 Å². The molecule has 0 bridgehead atoms. The van der Waals surface area contributed by atoms with Crippen molar-refractivity contribution in [1.82, 2.24) is 10.2 Å². The first-order valence-corrected chi connectivity index (χ1v) is 15.6. The third kappa shape index (κ3) is 8.71. The van der Waals surface area contributed by atoms with Gasteiger partial charge in [0.15, 0.2) is 0 Å². The maximum atomic E-state index is 13.6. The van der Waals surface area contributed by atoms with Gasteiger partial charge in [0.1, 0.15) is 11.8 Å². The molecule has 2 aromatic carbocycles. The number of benzene rings is 2. The Morgan fingerprint density at radius 3 is 2.33 bits per heavy atom. The summed E-state index contributed by atoms with van der Waals surface area (Å²) in [5.41, 5.74) is 3.32. The molecule has 3 rings (SSSR count). The highest BCUT2D eigenvalue weighted by molar-refractivity contribution is 7.92. The van der Waals surface area contributed by atoms with E-state index in [1.54, 1.807) is 18.9 Å². The molecule has 0 saturated heterocycles. The zero-order valence-electron chi connectivity index (χ0n) is 23.9. The zero-order valence-corrected chi connectivity index (χ0v) is 24.7. The molecule has 1 aliphatic carbocycles. The number of rotatable bonds is 12. The molecule has 0 unspecified atom stereocenters. The molecule has 1 saturated carbocycles. The Labute approximate surface area is 233 Å². The summed E-state index contributed by atoms with van der Waals surface area (Å²) in [4.78, 5) is 28.4. The van der Waals surface area contributed by atoms with Crippen molar-refractivity contribution < 1.29 is 22.7 Å². The van der Waals surface area contributed by atoms with E-state index < -0.39 is 16.1 Å². The van der Waals surface area contributed by atoms with Crippen LogP contribution in [0, 0.1) is 13.8 Å². The van der Waals surface area contributed by atoms with Gasteiger partial charge in [-0.05, 0) is 74.9 Å². The molecule has 0 aliphatic heterocycles. The van der Waals surface area contributed by atoms with E-state index in [1.165, 1.54) is 17.0 Å². The molecule has 0 aromatic heterocycles. The Morgan fingerprint density at radius 1 is 1.05 bits per heavy atom. The van der Waals surface area contributed by atoms with Gasteiger partial charge in [-0.1, -0.05) is 43.5 Å². The molecule has 0 spiro atoms. The fraction of sp³-hybridized carbons (Fsp3) is 0.533. The van der Waals surface area contributed by atoms with Crippen molar-refractivity contribution >= 4 is 27.5 Å². The summed E-state index contributed by atoms with van der Waals surface area (Å²) >= 11 is 0. The number of amides is 2. The first kappa shape index (κ1) is 30.5. The van der Waals surface area contributed by atoms with Gasteiger partial charge in [-0.2, -0.15) is 0 Å². The number of nitrogens with one attached hydrogen (secondary N) is 1. The predicted octanol–water partition coefficient (Wildman–Crippen LogP) is 4.72. The van der Waals surface area contributed by atoms with Crippen molar-refractivity contribution in [1.29, 1.82) is 0 Å². The normalized spacial score (nSPS) is 14.9. The fourth-order valence-electron chi connectivity index (χ4n) is 5.05. The molecule has 9 heteroatoms. The molecule has 2 aromatic rings. The minimum atomic E-state index is -3.54. The van der Waals surface area contributed by atoms with Gasteiger partial charge < -0.3 is 15.0 Å². The van der Waals surface area contributed by atoms with Gasteiger partial charge in [0.05, 0.1) is 19.1 Å². The number of hydrogen-bond donors (Lipinski definition) is 1. The minimum Gasteiger partial charge on any atom is -0.497 e. The topological polar surface area (TPSA) is 96.0 Å². The van der Waals surface area contributed by atoms with E-state index in [-0.39, 0.29) is 37.4 Å². The largest absolute Gasteiger partial charge is 0.497 e. The van der Waals surface area contributed by atoms with Crippen LogP contribution in [0.3, 0.4) is 0 Å². The van der Waals surface area contributed by atoms with Crippen LogP contribution < -0.4 is 14.4 Å². The lowest BCUT2D eigenvalue weighted by atomic mass is 9.95. The van der Waals surface area contributed by atoms with E-state index in [2.05, 4.69) is 5.32 Å². The lowest BCUT2D eigenvalue weighted by molar-refractivity contribution is -0.141. The lowest BCUT2D eigenvalue weighted by Crippen LogP contribution is -2.50. The number of nitrogens with zero attached hydrogens (tertiary/aromatic N) is 2. The van der Waals surface area contributed by atoms with E-state index in [0.29, 0.717) is 17.9 Å². The van der Waals surface area contributed by atoms with Crippen LogP contribution >= 0.6 is 0 Å². The second kappa shape index (κ2) is 13.8. The van der Waals surface area contributed by atoms with Crippen molar-refractivity contribution in [3.05, 3.63) is 59.2 Å². The van der Waals surface area contributed by atoms with Crippen LogP contribution in [0.5, 0.6) is 5.75 Å². The highest BCUT2D eigenvalue weighted by Crippen LogP contribution is 2.25. The number of carbonyl (C=O) groups is 2. The average Bonchev–Trinajstić information content (AvgIpc) is 2.91. The summed E-state index contributed by atoms with van der Waals surface area (Å²) in [7, 11) is -1.95. The Bertz CT molecular complexity index is 1220. The number of carbonyl (C=O) groups excluding carboxylic acids is 2. The average molecular weight is 558 g/mol. The second-order valence-electron chi connectivity index (χ2n) is 10.6. The standard InChI is InChI=1S/C30H43N3O5S/c1-22-13-14-23(2)28(20-22)33(39(5,36)37)19-9-12-29(34)32(21-25-15-17-27(38-4)18-16-25)24(3)30(35)31-26-10-7-6-8-11-26/h13-18,20,24,26H,6-12,19,21H2,1-5H3,(H,31,35)/t24-/m0/s1. The van der Waals surface area contributed by atoms with Crippen LogP contribution in [0.4, 0.5) is 5.69 Å². The van der Waals surface area contributed by atoms with Gasteiger partial charge >= 0.3 is 0 Å². The van der Waals surface area contributed by atoms with Gasteiger partial charge in [-0.15, -0.1) is 0 Å². The molecule has 0 radical (unpaired) electrons. The van der Waals surface area contributed by atoms with Gasteiger partial charge in [0.25, 0.3) is 0 Å². The zero-order chi connectivity index (χ0) is 28.6. The summed E-state index contributed by atoms with van der Waals surface area (Å²) in [6.07, 6.45) is 6.95. The van der Waals surface area contributed by atoms with Gasteiger partial charge in [0, 0.05) is 25.6 Å². The van der Waals surface area contributed by atoms with Crippen LogP contribution in [-0.4, -0.2) is 57.1 Å². The highest BCUT2D eigenvalue weighted by atomic mass is 32.2. The maximum Gasteiger partial charge on any atom is 0.242 e. The van der Waals surface area contributed by atoms with Gasteiger partial charge in [-0.25, -0.2) is 8.42 Å². The Hall–Kier alpha value is -3.07. The predicted molar refractivity (Wildman–Crippen MR) is 155 cm³/mol. The van der Waals surface area contributed by atoms with E-state index in [1.807, 2.05) is 56.3 Å². The SMILES string of the molecule is COc1ccc(CN(C(=O)CCCN(c2cc(C)ccc2C)S(C)(=O)=O)[C@@H](C)C(=O)NC2CCCCC2)cc1. The highest BCUT2D eigenvalue weighted by Gasteiger charge is 2.28. The third-order valence-electron chi connectivity index (χ3n) is 7.42. The van der Waals surface area contributed by atoms with E-state index in [0.717, 1.165) is 42.4 Å². The molecule has 8 nitrogen and oxygen atoms in total. The second-order valence-corrected chi connectivity index (χ2v) is 12.5. The number of sulfonamides is 1. The Morgan fingerprint density at radius 2 is 1.72 bits per heavy atom. The van der Waals surface area contributed by atoms with Crippen molar-refractivity contribution in [2.45, 2.75) is 84.3 Å². The van der Waals surface area contributed by atoms with Crippen molar-refractivity contribution in [3.63, 3.8) is 0 Å². The molecule has 1 aliphatic rings. The molecule has 1 N–H and O–H groups in total. The molecule has 0 heterocycles. The summed E-state index contributed by atoms with van der Waals surface area (Å²) in [6.45, 7) is 6.01. The van der Waals surface area contributed by atoms with Gasteiger partial charge in [0.2, 0.25) is 21.8 Å². The lowest BCUT2D eigenvalue weighted by Gasteiger charge is -2.31. The molecular weight excluding hydrogens is 514 g/mol. The summed E-state index contributed by atoms with van der Waals surface area (Å²) in [6, 6.07) is 12.6. The van der Waals surface area contributed by atoms with Crippen LogP contribution in [0.15, 0.2) is 42.5 Å². The molecule has 39 heavy (non-hydrogen) atoms. The fourth-order valence-corrected chi connectivity index (χ4v) is 6.06. The Balaban J connectivity index is 1.74. The quantitative estimate of drug-likeness (QED) is 0.407. The summed E-state index contributed by atoms with van der Waals surface area (Å²) < 4.78 is 31.9. The van der Waals surface area contributed by atoms with Crippen LogP contribution in [-0.2, 0) is 26.2 Å². The first-order chi connectivity index (χ1) is 18.5. The van der Waals surface area contributed by atoms with Crippen LogP contribution in [0.1, 0.15) is 68.6 Å². The number of methoxy groups -OCH3 is 1. The Kier molecular flexibility index (Phi) is 10.8. The molecule has 1 atom stereocenters. The number of aryl methyl sites for hydroxylation is 2. The first-order valence-electron chi connectivity index (χ1n) is 13.8. The molecular formula is C30H43N3O5S. The molecule has 1 fully saturated rings. The van der Waals surface area contributed by atoms with Crippen molar-refractivity contribution in [2.75, 3.05) is 24.2 Å². The summed E-state index contributed by atoms with van der Waals surface area (Å²) in [5.74, 6) is 0.371. The minimum absolute atomic E-state index is 0.119. The number of anilines is 1. The smallest absolute Gasteiger partial charge is 0.242 e. The van der Waals surface area contributed by atoms with Crippen LogP contribution in [0.2, 0.25) is 0 Å². The molecule has 2 amide bonds. The van der Waals surface area contributed by atoms with E-state index in [9.17, 15) is 18.0 Å². The van der Waals surface area contributed by atoms with Crippen molar-refractivity contribution in [2.24, 2.45) is 0 Å². The van der Waals surface area contributed by atoms with Crippen LogP contribution in [0.25, 0.3) is 0 Å². The number of hydrogen-bond acceptors (Lipinski definition) is 5. The van der Waals surface area contributed by atoms with E-state index in [4.69, 9.17) is 4.74 Å². The molecule has 214 valence electrons. The third-order valence-corrected chi connectivity index (χ3v) is 8.60. The van der Waals surface area contributed by atoms with Crippen molar-refractivity contribution in [3.8, 4) is 5.75 Å². The van der Waals surface area contributed by atoms with E-state index >= 15 is 0 Å². The maximum absolute atomic E-state index is 13.6.